The van der Waals surface area contributed by atoms with Crippen molar-refractivity contribution in [3.8, 4) is 16.9 Å². The fourth-order valence-corrected chi connectivity index (χ4v) is 4.60. The predicted octanol–water partition coefficient (Wildman–Crippen LogP) is 3.03. The van der Waals surface area contributed by atoms with E-state index < -0.39 is 0 Å². The average molecular weight is 461 g/mol. The molecule has 1 aromatic heterocycles. The first kappa shape index (κ1) is 22.3. The van der Waals surface area contributed by atoms with E-state index >= 15 is 0 Å². The lowest BCUT2D eigenvalue weighted by atomic mass is 9.80. The molecule has 0 aliphatic carbocycles. The van der Waals surface area contributed by atoms with E-state index in [-0.39, 0.29) is 24.5 Å². The van der Waals surface area contributed by atoms with Crippen LogP contribution in [0.1, 0.15) is 22.8 Å². The van der Waals surface area contributed by atoms with Crippen molar-refractivity contribution in [3.63, 3.8) is 0 Å². The molecule has 1 N–H and O–H groups in total. The van der Waals surface area contributed by atoms with Crippen molar-refractivity contribution < 1.29 is 19.4 Å². The number of aliphatic hydroxyl groups excluding tert-OH is 1. The predicted molar refractivity (Wildman–Crippen MR) is 129 cm³/mol. The van der Waals surface area contributed by atoms with Crippen molar-refractivity contribution >= 4 is 17.5 Å². The number of likely N-dealkylation sites (N-methyl/N-ethyl adjacent to an activating group) is 1. The van der Waals surface area contributed by atoms with Crippen molar-refractivity contribution in [2.75, 3.05) is 51.5 Å². The highest BCUT2D eigenvalue weighted by atomic mass is 16.5. The second-order valence-corrected chi connectivity index (χ2v) is 8.77. The number of aromatic nitrogens is 2. The number of hydrogen-bond acceptors (Lipinski definition) is 7. The van der Waals surface area contributed by atoms with Crippen LogP contribution in [0.4, 0.5) is 11.6 Å². The molecular formula is C26H28N4O4. The average Bonchev–Trinajstić information content (AvgIpc) is 3.20. The number of amides is 1. The molecule has 34 heavy (non-hydrogen) atoms. The second kappa shape index (κ2) is 9.04. The van der Waals surface area contributed by atoms with Gasteiger partial charge in [0, 0.05) is 49.3 Å². The molecule has 1 fully saturated rings. The van der Waals surface area contributed by atoms with E-state index in [1.54, 1.807) is 7.05 Å². The highest BCUT2D eigenvalue weighted by Gasteiger charge is 2.49. The van der Waals surface area contributed by atoms with Gasteiger partial charge >= 0.3 is 0 Å². The third-order valence-electron chi connectivity index (χ3n) is 6.46. The molecule has 2 aromatic carbocycles. The molecule has 8 nitrogen and oxygen atoms in total. The van der Waals surface area contributed by atoms with Crippen molar-refractivity contribution in [2.24, 2.45) is 0 Å². The quantitative estimate of drug-likeness (QED) is 0.580. The van der Waals surface area contributed by atoms with Crippen molar-refractivity contribution in [1.29, 1.82) is 0 Å². The van der Waals surface area contributed by atoms with Crippen LogP contribution >= 0.6 is 0 Å². The van der Waals surface area contributed by atoms with Gasteiger partial charge in [-0.1, -0.05) is 18.2 Å². The number of benzene rings is 2. The summed E-state index contributed by atoms with van der Waals surface area (Å²) in [6, 6.07) is 13.7. The molecule has 3 aromatic rings. The molecule has 176 valence electrons. The lowest BCUT2D eigenvalue weighted by Crippen LogP contribution is -2.49. The fraction of sp³-hybridized carbons (Fsp3) is 0.346. The van der Waals surface area contributed by atoms with Crippen LogP contribution in [0.15, 0.2) is 54.9 Å². The SMILES string of the molecule is CCOc1cccc(-c2cnc(N3CC4(COC4)c4ccc(C(=O)N(C)CCO)cc43)nc2)c1. The number of rotatable bonds is 7. The van der Waals surface area contributed by atoms with Gasteiger partial charge in [0.2, 0.25) is 5.95 Å². The van der Waals surface area contributed by atoms with Crippen LogP contribution in [-0.4, -0.2) is 72.4 Å². The number of hydrogen-bond donors (Lipinski definition) is 1. The largest absolute Gasteiger partial charge is 0.494 e. The minimum absolute atomic E-state index is 0.0760. The Morgan fingerprint density at radius 3 is 2.65 bits per heavy atom. The summed E-state index contributed by atoms with van der Waals surface area (Å²) in [4.78, 5) is 25.8. The summed E-state index contributed by atoms with van der Waals surface area (Å²) < 4.78 is 11.2. The Morgan fingerprint density at radius 1 is 1.18 bits per heavy atom. The Hall–Kier alpha value is -3.49. The number of aliphatic hydroxyl groups is 1. The van der Waals surface area contributed by atoms with E-state index in [0.717, 1.165) is 28.1 Å². The zero-order chi connectivity index (χ0) is 23.7. The summed E-state index contributed by atoms with van der Waals surface area (Å²) >= 11 is 0. The Labute approximate surface area is 198 Å². The van der Waals surface area contributed by atoms with Gasteiger partial charge in [-0.25, -0.2) is 9.97 Å². The third-order valence-corrected chi connectivity index (χ3v) is 6.46. The van der Waals surface area contributed by atoms with Crippen molar-refractivity contribution in [2.45, 2.75) is 12.3 Å². The molecule has 1 saturated heterocycles. The summed E-state index contributed by atoms with van der Waals surface area (Å²) in [7, 11) is 1.69. The summed E-state index contributed by atoms with van der Waals surface area (Å²) in [5.74, 6) is 1.27. The number of nitrogens with zero attached hydrogens (tertiary/aromatic N) is 4. The van der Waals surface area contributed by atoms with E-state index in [4.69, 9.17) is 9.47 Å². The molecule has 1 spiro atoms. The first-order valence-corrected chi connectivity index (χ1v) is 11.5. The van der Waals surface area contributed by atoms with Crippen LogP contribution in [0.2, 0.25) is 0 Å². The van der Waals surface area contributed by atoms with Crippen LogP contribution in [0.3, 0.4) is 0 Å². The van der Waals surface area contributed by atoms with Crippen LogP contribution in [0.5, 0.6) is 5.75 Å². The van der Waals surface area contributed by atoms with Gasteiger partial charge in [-0.05, 0) is 42.3 Å². The molecule has 2 aliphatic rings. The van der Waals surface area contributed by atoms with Gasteiger partial charge in [-0.3, -0.25) is 4.79 Å². The second-order valence-electron chi connectivity index (χ2n) is 8.77. The lowest BCUT2D eigenvalue weighted by Gasteiger charge is -2.38. The number of fused-ring (bicyclic) bond motifs is 2. The van der Waals surface area contributed by atoms with Crippen LogP contribution in [-0.2, 0) is 10.2 Å². The maximum atomic E-state index is 12.8. The number of carbonyl (C=O) groups is 1. The van der Waals surface area contributed by atoms with E-state index in [1.807, 2.05) is 61.8 Å². The van der Waals surface area contributed by atoms with Gasteiger partial charge in [-0.2, -0.15) is 0 Å². The summed E-state index contributed by atoms with van der Waals surface area (Å²) in [5, 5.41) is 9.19. The van der Waals surface area contributed by atoms with E-state index in [9.17, 15) is 9.90 Å². The zero-order valence-corrected chi connectivity index (χ0v) is 19.4. The minimum Gasteiger partial charge on any atom is -0.494 e. The standard InChI is InChI=1S/C26H28N4O4/c1-3-34-21-6-4-5-18(11-21)20-13-27-25(28-14-20)30-15-26(16-33-17-26)22-8-7-19(12-23(22)30)24(32)29(2)9-10-31/h4-8,11-14,31H,3,9-10,15-17H2,1-2H3. The highest BCUT2D eigenvalue weighted by Crippen LogP contribution is 2.47. The highest BCUT2D eigenvalue weighted by molar-refractivity contribution is 5.96. The van der Waals surface area contributed by atoms with Crippen LogP contribution in [0.25, 0.3) is 11.1 Å². The molecule has 1 amide bonds. The van der Waals surface area contributed by atoms with Gasteiger partial charge in [-0.15, -0.1) is 0 Å². The molecule has 3 heterocycles. The Morgan fingerprint density at radius 2 is 1.97 bits per heavy atom. The van der Waals surface area contributed by atoms with Crippen LogP contribution in [0, 0.1) is 0 Å². The number of ether oxygens (including phenoxy) is 2. The summed E-state index contributed by atoms with van der Waals surface area (Å²) in [5.41, 5.74) is 4.43. The van der Waals surface area contributed by atoms with E-state index in [0.29, 0.717) is 37.9 Å². The smallest absolute Gasteiger partial charge is 0.253 e. The van der Waals surface area contributed by atoms with Gasteiger partial charge < -0.3 is 24.4 Å². The minimum atomic E-state index is -0.131. The molecule has 0 radical (unpaired) electrons. The molecule has 0 saturated carbocycles. The Bertz CT molecular complexity index is 1190. The molecule has 8 heteroatoms. The Balaban J connectivity index is 1.46. The monoisotopic (exact) mass is 460 g/mol. The summed E-state index contributed by atoms with van der Waals surface area (Å²) in [6.07, 6.45) is 3.64. The van der Waals surface area contributed by atoms with Gasteiger partial charge in [0.05, 0.1) is 31.8 Å². The maximum Gasteiger partial charge on any atom is 0.253 e. The normalized spacial score (nSPS) is 15.7. The first-order valence-electron chi connectivity index (χ1n) is 11.5. The zero-order valence-electron chi connectivity index (χ0n) is 19.4. The maximum absolute atomic E-state index is 12.8. The third kappa shape index (κ3) is 3.89. The van der Waals surface area contributed by atoms with Gasteiger partial charge in [0.25, 0.3) is 5.91 Å². The van der Waals surface area contributed by atoms with E-state index in [1.165, 1.54) is 4.90 Å². The van der Waals surface area contributed by atoms with Gasteiger partial charge in [0.1, 0.15) is 5.75 Å². The lowest BCUT2D eigenvalue weighted by molar-refractivity contribution is -0.0507. The van der Waals surface area contributed by atoms with Crippen molar-refractivity contribution in [1.82, 2.24) is 14.9 Å². The fourth-order valence-electron chi connectivity index (χ4n) is 4.60. The molecular weight excluding hydrogens is 432 g/mol. The number of carbonyl (C=O) groups excluding carboxylic acids is 1. The Kier molecular flexibility index (Phi) is 5.93. The molecule has 5 rings (SSSR count). The van der Waals surface area contributed by atoms with Crippen molar-refractivity contribution in [3.05, 3.63) is 66.0 Å². The molecule has 0 unspecified atom stereocenters. The molecule has 2 aliphatic heterocycles. The molecule has 0 bridgehead atoms. The molecule has 0 atom stereocenters. The van der Waals surface area contributed by atoms with Gasteiger partial charge in [0.15, 0.2) is 0 Å². The first-order chi connectivity index (χ1) is 16.5. The van der Waals surface area contributed by atoms with Crippen LogP contribution < -0.4 is 9.64 Å². The van der Waals surface area contributed by atoms with E-state index in [2.05, 4.69) is 14.9 Å². The summed E-state index contributed by atoms with van der Waals surface area (Å²) in [6.45, 7) is 4.75. The topological polar surface area (TPSA) is 88.0 Å². The number of anilines is 2.